The molecule has 0 spiro atoms. The maximum atomic E-state index is 13.0. The van der Waals surface area contributed by atoms with Crippen molar-refractivity contribution in [2.24, 2.45) is 5.92 Å². The van der Waals surface area contributed by atoms with E-state index in [2.05, 4.69) is 24.2 Å². The molecule has 0 aliphatic carbocycles. The van der Waals surface area contributed by atoms with E-state index in [9.17, 15) is 9.90 Å². The highest BCUT2D eigenvalue weighted by molar-refractivity contribution is 5.95. The normalized spacial score (nSPS) is 19.2. The standard InChI is InChI=1S/C23H24N2O3/c1-15-6-3-4-9-21(15)17-7-5-8-18(11-17)23(27)25-13-19(22(26)14-25)12-20-10-16(2)24-28-20/h3-11,19,22,26H,12-14H2,1-2H3/t19-,22+/m1/s1. The quantitative estimate of drug-likeness (QED) is 0.755. The summed E-state index contributed by atoms with van der Waals surface area (Å²) >= 11 is 0. The van der Waals surface area contributed by atoms with Gasteiger partial charge in [-0.3, -0.25) is 4.79 Å². The monoisotopic (exact) mass is 376 g/mol. The van der Waals surface area contributed by atoms with E-state index in [1.165, 1.54) is 5.56 Å². The number of benzene rings is 2. The highest BCUT2D eigenvalue weighted by Crippen LogP contribution is 2.27. The molecular weight excluding hydrogens is 352 g/mol. The number of aryl methyl sites for hydroxylation is 2. The Balaban J connectivity index is 1.50. The first-order valence-electron chi connectivity index (χ1n) is 9.57. The van der Waals surface area contributed by atoms with Crippen LogP contribution in [0, 0.1) is 19.8 Å². The van der Waals surface area contributed by atoms with Crippen LogP contribution in [0.25, 0.3) is 11.1 Å². The largest absolute Gasteiger partial charge is 0.391 e. The van der Waals surface area contributed by atoms with Gasteiger partial charge in [0.15, 0.2) is 0 Å². The molecule has 1 N–H and O–H groups in total. The summed E-state index contributed by atoms with van der Waals surface area (Å²) in [5.74, 6) is 0.652. The smallest absolute Gasteiger partial charge is 0.253 e. The van der Waals surface area contributed by atoms with Gasteiger partial charge in [0.05, 0.1) is 11.8 Å². The molecular formula is C23H24N2O3. The minimum atomic E-state index is -0.561. The van der Waals surface area contributed by atoms with Gasteiger partial charge in [0.2, 0.25) is 0 Å². The van der Waals surface area contributed by atoms with Gasteiger partial charge in [0, 0.05) is 37.1 Å². The molecule has 0 unspecified atom stereocenters. The van der Waals surface area contributed by atoms with Gasteiger partial charge in [-0.05, 0) is 42.7 Å². The van der Waals surface area contributed by atoms with E-state index in [0.29, 0.717) is 25.1 Å². The summed E-state index contributed by atoms with van der Waals surface area (Å²) < 4.78 is 5.27. The first kappa shape index (κ1) is 18.4. The summed E-state index contributed by atoms with van der Waals surface area (Å²) in [6, 6.07) is 17.7. The molecule has 1 fully saturated rings. The Labute approximate surface area is 164 Å². The topological polar surface area (TPSA) is 66.6 Å². The van der Waals surface area contributed by atoms with Crippen LogP contribution >= 0.6 is 0 Å². The lowest BCUT2D eigenvalue weighted by molar-refractivity contribution is 0.0764. The highest BCUT2D eigenvalue weighted by atomic mass is 16.5. The molecule has 1 saturated heterocycles. The molecule has 2 atom stereocenters. The Morgan fingerprint density at radius 3 is 2.71 bits per heavy atom. The van der Waals surface area contributed by atoms with Crippen LogP contribution < -0.4 is 0 Å². The lowest BCUT2D eigenvalue weighted by Gasteiger charge is -2.17. The van der Waals surface area contributed by atoms with Crippen LogP contribution in [0.3, 0.4) is 0 Å². The van der Waals surface area contributed by atoms with Gasteiger partial charge in [-0.15, -0.1) is 0 Å². The Bertz CT molecular complexity index is 995. The van der Waals surface area contributed by atoms with Gasteiger partial charge in [-0.1, -0.05) is 41.6 Å². The van der Waals surface area contributed by atoms with Crippen molar-refractivity contribution in [1.29, 1.82) is 0 Å². The number of nitrogens with zero attached hydrogens (tertiary/aromatic N) is 2. The average molecular weight is 376 g/mol. The van der Waals surface area contributed by atoms with Crippen LogP contribution in [0.4, 0.5) is 0 Å². The van der Waals surface area contributed by atoms with Crippen LogP contribution in [-0.2, 0) is 6.42 Å². The lowest BCUT2D eigenvalue weighted by atomic mass is 9.98. The maximum absolute atomic E-state index is 13.0. The van der Waals surface area contributed by atoms with Crippen molar-refractivity contribution >= 4 is 5.91 Å². The number of aliphatic hydroxyl groups excluding tert-OH is 1. The SMILES string of the molecule is Cc1cc(C[C@@H]2CN(C(=O)c3cccc(-c4ccccc4C)c3)C[C@@H]2O)on1. The first-order valence-corrected chi connectivity index (χ1v) is 9.57. The van der Waals surface area contributed by atoms with Gasteiger partial charge < -0.3 is 14.5 Å². The minimum Gasteiger partial charge on any atom is -0.391 e. The Morgan fingerprint density at radius 1 is 1.14 bits per heavy atom. The second-order valence-electron chi connectivity index (χ2n) is 7.57. The number of β-amino-alcohol motifs (C(OH)–C–C–N with tert-alkyl or cyclic N) is 1. The molecule has 2 heterocycles. The Kier molecular flexibility index (Phi) is 5.01. The highest BCUT2D eigenvalue weighted by Gasteiger charge is 2.35. The van der Waals surface area contributed by atoms with Gasteiger partial charge in [0.1, 0.15) is 5.76 Å². The fourth-order valence-electron chi connectivity index (χ4n) is 3.89. The molecule has 1 aliphatic rings. The number of carbonyl (C=O) groups excluding carboxylic acids is 1. The van der Waals surface area contributed by atoms with Crippen LogP contribution in [0.1, 0.15) is 27.4 Å². The molecule has 0 radical (unpaired) electrons. The number of likely N-dealkylation sites (tertiary alicyclic amines) is 1. The van der Waals surface area contributed by atoms with Crippen molar-refractivity contribution in [1.82, 2.24) is 10.1 Å². The molecule has 28 heavy (non-hydrogen) atoms. The van der Waals surface area contributed by atoms with Gasteiger partial charge in [-0.25, -0.2) is 0 Å². The van der Waals surface area contributed by atoms with E-state index in [1.807, 2.05) is 49.4 Å². The summed E-state index contributed by atoms with van der Waals surface area (Å²) in [6.45, 7) is 4.78. The van der Waals surface area contributed by atoms with Gasteiger partial charge in [-0.2, -0.15) is 0 Å². The zero-order valence-corrected chi connectivity index (χ0v) is 16.1. The summed E-state index contributed by atoms with van der Waals surface area (Å²) in [4.78, 5) is 14.8. The molecule has 1 aromatic heterocycles. The second kappa shape index (κ2) is 7.60. The Morgan fingerprint density at radius 2 is 1.96 bits per heavy atom. The second-order valence-corrected chi connectivity index (χ2v) is 7.57. The van der Waals surface area contributed by atoms with E-state index in [0.717, 1.165) is 22.6 Å². The third-order valence-corrected chi connectivity index (χ3v) is 5.40. The number of aliphatic hydroxyl groups is 1. The van der Waals surface area contributed by atoms with Crippen molar-refractivity contribution in [3.63, 3.8) is 0 Å². The molecule has 0 saturated carbocycles. The van der Waals surface area contributed by atoms with Crippen molar-refractivity contribution < 1.29 is 14.4 Å². The summed E-state index contributed by atoms with van der Waals surface area (Å²) in [6.07, 6.45) is 0.0172. The molecule has 1 aliphatic heterocycles. The number of rotatable bonds is 4. The van der Waals surface area contributed by atoms with Crippen LogP contribution in [0.2, 0.25) is 0 Å². The lowest BCUT2D eigenvalue weighted by Crippen LogP contribution is -2.29. The number of carbonyl (C=O) groups is 1. The minimum absolute atomic E-state index is 0.0455. The Hall–Kier alpha value is -2.92. The van der Waals surface area contributed by atoms with E-state index in [1.54, 1.807) is 4.90 Å². The third kappa shape index (κ3) is 3.71. The zero-order valence-electron chi connectivity index (χ0n) is 16.1. The fourth-order valence-corrected chi connectivity index (χ4v) is 3.89. The first-order chi connectivity index (χ1) is 13.5. The summed E-state index contributed by atoms with van der Waals surface area (Å²) in [5.41, 5.74) is 4.79. The molecule has 2 aromatic carbocycles. The van der Waals surface area contributed by atoms with Crippen molar-refractivity contribution in [2.45, 2.75) is 26.4 Å². The molecule has 5 nitrogen and oxygen atoms in total. The number of aromatic nitrogens is 1. The summed E-state index contributed by atoms with van der Waals surface area (Å²) in [5, 5.41) is 14.3. The molecule has 0 bridgehead atoms. The molecule has 5 heteroatoms. The predicted octanol–water partition coefficient (Wildman–Crippen LogP) is 3.63. The van der Waals surface area contributed by atoms with Crippen molar-refractivity contribution in [3.05, 3.63) is 77.2 Å². The van der Waals surface area contributed by atoms with Crippen LogP contribution in [-0.4, -0.2) is 40.3 Å². The van der Waals surface area contributed by atoms with Gasteiger partial charge >= 0.3 is 0 Å². The average Bonchev–Trinajstić information content (AvgIpc) is 3.27. The van der Waals surface area contributed by atoms with E-state index in [-0.39, 0.29) is 11.8 Å². The van der Waals surface area contributed by atoms with E-state index >= 15 is 0 Å². The predicted molar refractivity (Wildman–Crippen MR) is 107 cm³/mol. The molecule has 144 valence electrons. The zero-order chi connectivity index (χ0) is 19.7. The van der Waals surface area contributed by atoms with Crippen molar-refractivity contribution in [3.8, 4) is 11.1 Å². The number of amides is 1. The van der Waals surface area contributed by atoms with Crippen LogP contribution in [0.15, 0.2) is 59.1 Å². The van der Waals surface area contributed by atoms with Crippen LogP contribution in [0.5, 0.6) is 0 Å². The maximum Gasteiger partial charge on any atom is 0.253 e. The third-order valence-electron chi connectivity index (χ3n) is 5.40. The van der Waals surface area contributed by atoms with E-state index < -0.39 is 6.10 Å². The molecule has 1 amide bonds. The van der Waals surface area contributed by atoms with Gasteiger partial charge in [0.25, 0.3) is 5.91 Å². The molecule has 4 rings (SSSR count). The number of hydrogen-bond donors (Lipinski definition) is 1. The molecule has 3 aromatic rings. The van der Waals surface area contributed by atoms with E-state index in [4.69, 9.17) is 4.52 Å². The summed E-state index contributed by atoms with van der Waals surface area (Å²) in [7, 11) is 0. The fraction of sp³-hybridized carbons (Fsp3) is 0.304. The van der Waals surface area contributed by atoms with Crippen molar-refractivity contribution in [2.75, 3.05) is 13.1 Å². The number of hydrogen-bond acceptors (Lipinski definition) is 4.